The second kappa shape index (κ2) is 12.8. The van der Waals surface area contributed by atoms with Crippen LogP contribution in [0.1, 0.15) is 58.4 Å². The highest BCUT2D eigenvalue weighted by Crippen LogP contribution is 2.44. The summed E-state index contributed by atoms with van der Waals surface area (Å²) in [6, 6.07) is 10.9. The minimum atomic E-state index is -1.01. The van der Waals surface area contributed by atoms with Gasteiger partial charge < -0.3 is 19.3 Å². The summed E-state index contributed by atoms with van der Waals surface area (Å²) in [6.07, 6.45) is 2.46. The minimum absolute atomic E-state index is 0.0954. The number of aryl methyl sites for hydroxylation is 2. The molecule has 1 amide bonds. The van der Waals surface area contributed by atoms with Crippen molar-refractivity contribution in [3.8, 4) is 11.5 Å². The Labute approximate surface area is 242 Å². The molecule has 0 saturated carbocycles. The van der Waals surface area contributed by atoms with E-state index >= 15 is 0 Å². The zero-order valence-corrected chi connectivity index (χ0v) is 24.2. The second-order valence-electron chi connectivity index (χ2n) is 9.30. The molecule has 0 aliphatic carbocycles. The Kier molecular flexibility index (Phi) is 9.24. The molecule has 0 spiro atoms. The van der Waals surface area contributed by atoms with Crippen molar-refractivity contribution in [1.29, 1.82) is 0 Å². The first-order valence-electron chi connectivity index (χ1n) is 13.2. The maximum absolute atomic E-state index is 13.5. The average Bonchev–Trinajstić information content (AvgIpc) is 3.47. The third kappa shape index (κ3) is 6.02. The van der Waals surface area contributed by atoms with Gasteiger partial charge in [0.05, 0.1) is 30.5 Å². The van der Waals surface area contributed by atoms with E-state index in [1.807, 2.05) is 13.8 Å². The molecule has 2 aromatic carbocycles. The van der Waals surface area contributed by atoms with Crippen molar-refractivity contribution >= 4 is 39.9 Å². The van der Waals surface area contributed by atoms with Gasteiger partial charge in [-0.05, 0) is 68.7 Å². The highest BCUT2D eigenvalue weighted by atomic mass is 32.1. The first-order chi connectivity index (χ1) is 19.7. The predicted molar refractivity (Wildman–Crippen MR) is 157 cm³/mol. The summed E-state index contributed by atoms with van der Waals surface area (Å²) >= 11 is 0.956. The highest BCUT2D eigenvalue weighted by molar-refractivity contribution is 7.17. The van der Waals surface area contributed by atoms with E-state index in [2.05, 4.69) is 11.6 Å². The molecule has 0 radical (unpaired) electrons. The van der Waals surface area contributed by atoms with Gasteiger partial charge in [-0.3, -0.25) is 14.5 Å². The molecule has 41 heavy (non-hydrogen) atoms. The number of aliphatic hydroxyl groups is 1. The van der Waals surface area contributed by atoms with Crippen LogP contribution in [0.2, 0.25) is 0 Å². The van der Waals surface area contributed by atoms with Crippen molar-refractivity contribution in [2.24, 2.45) is 0 Å². The number of anilines is 1. The summed E-state index contributed by atoms with van der Waals surface area (Å²) in [4.78, 5) is 45.5. The van der Waals surface area contributed by atoms with Crippen LogP contribution in [0.25, 0.3) is 5.76 Å². The van der Waals surface area contributed by atoms with E-state index < -0.39 is 23.7 Å². The predicted octanol–water partition coefficient (Wildman–Crippen LogP) is 5.92. The Morgan fingerprint density at radius 2 is 1.85 bits per heavy atom. The Balaban J connectivity index is 1.85. The molecule has 4 rings (SSSR count). The third-order valence-corrected chi connectivity index (χ3v) is 7.51. The number of nitrogens with zero attached hydrogens (tertiary/aromatic N) is 2. The number of amides is 1. The molecule has 214 valence electrons. The van der Waals surface area contributed by atoms with Gasteiger partial charge in [-0.25, -0.2) is 9.78 Å². The molecule has 9 nitrogen and oxygen atoms in total. The number of ketones is 1. The SMILES string of the molecule is C=CCOc1ccc(C2C(=C(O)c3ccc(OCCC)c(C)c3)C(=O)C(=O)N2c2nc(C)c(C(=O)OCC)s2)cc1. The van der Waals surface area contributed by atoms with E-state index in [4.69, 9.17) is 14.2 Å². The van der Waals surface area contributed by atoms with Crippen LogP contribution in [0.15, 0.2) is 60.7 Å². The fourth-order valence-electron chi connectivity index (χ4n) is 4.44. The van der Waals surface area contributed by atoms with Crippen LogP contribution in [0.3, 0.4) is 0 Å². The van der Waals surface area contributed by atoms with E-state index in [1.165, 1.54) is 4.90 Å². The van der Waals surface area contributed by atoms with Crippen LogP contribution in [-0.4, -0.2) is 47.6 Å². The lowest BCUT2D eigenvalue weighted by Gasteiger charge is -2.23. The molecule has 1 atom stereocenters. The van der Waals surface area contributed by atoms with Gasteiger partial charge in [0.1, 0.15) is 28.7 Å². The molecule has 1 saturated heterocycles. The van der Waals surface area contributed by atoms with Gasteiger partial charge in [0.25, 0.3) is 5.78 Å². The molecular weight excluding hydrogens is 544 g/mol. The lowest BCUT2D eigenvalue weighted by molar-refractivity contribution is -0.132. The first-order valence-corrected chi connectivity index (χ1v) is 14.1. The van der Waals surface area contributed by atoms with Crippen LogP contribution in [0, 0.1) is 13.8 Å². The zero-order valence-electron chi connectivity index (χ0n) is 23.4. The maximum Gasteiger partial charge on any atom is 0.350 e. The number of carbonyl (C=O) groups is 3. The second-order valence-corrected chi connectivity index (χ2v) is 10.3. The molecule has 1 aliphatic rings. The molecule has 1 aromatic heterocycles. The van der Waals surface area contributed by atoms with Crippen molar-refractivity contribution in [1.82, 2.24) is 4.98 Å². The van der Waals surface area contributed by atoms with Crippen molar-refractivity contribution in [3.63, 3.8) is 0 Å². The monoisotopic (exact) mass is 576 g/mol. The van der Waals surface area contributed by atoms with Gasteiger partial charge in [-0.1, -0.05) is 43.0 Å². The molecule has 1 N–H and O–H groups in total. The standard InChI is InChI=1S/C31H32N2O7S/c1-6-15-39-22-12-9-20(10-13-22)25-24(26(34)21-11-14-23(18(4)17-21)40-16-7-2)27(35)29(36)33(25)31-32-19(5)28(41-31)30(37)38-8-3/h6,9-14,17,25,34H,1,7-8,15-16H2,2-5H3. The normalized spacial score (nSPS) is 16.1. The number of thiazole rings is 1. The zero-order chi connectivity index (χ0) is 29.7. The Hall–Kier alpha value is -4.44. The first kappa shape index (κ1) is 29.5. The number of rotatable bonds is 11. The lowest BCUT2D eigenvalue weighted by Crippen LogP contribution is -2.29. The fraction of sp³-hybridized carbons (Fsp3) is 0.290. The Morgan fingerprint density at radius 1 is 1.12 bits per heavy atom. The van der Waals surface area contributed by atoms with E-state index in [-0.39, 0.29) is 27.9 Å². The van der Waals surface area contributed by atoms with Crippen LogP contribution >= 0.6 is 11.3 Å². The molecule has 2 heterocycles. The topological polar surface area (TPSA) is 115 Å². The summed E-state index contributed by atoms with van der Waals surface area (Å²) < 4.78 is 16.5. The quantitative estimate of drug-likeness (QED) is 0.0984. The molecule has 1 unspecified atom stereocenters. The van der Waals surface area contributed by atoms with Gasteiger partial charge in [-0.15, -0.1) is 0 Å². The summed E-state index contributed by atoms with van der Waals surface area (Å²) in [5.74, 6) is -1.39. The van der Waals surface area contributed by atoms with Crippen LogP contribution in [0.5, 0.6) is 11.5 Å². The van der Waals surface area contributed by atoms with Gasteiger partial charge >= 0.3 is 11.9 Å². The lowest BCUT2D eigenvalue weighted by atomic mass is 9.95. The van der Waals surface area contributed by atoms with Gasteiger partial charge in [0, 0.05) is 5.56 Å². The number of hydrogen-bond donors (Lipinski definition) is 1. The van der Waals surface area contributed by atoms with Crippen LogP contribution in [0.4, 0.5) is 5.13 Å². The fourth-order valence-corrected chi connectivity index (χ4v) is 5.43. The number of aliphatic hydroxyl groups excluding tert-OH is 1. The molecule has 1 fully saturated rings. The Bertz CT molecular complexity index is 1510. The van der Waals surface area contributed by atoms with Crippen LogP contribution in [-0.2, 0) is 14.3 Å². The van der Waals surface area contributed by atoms with Gasteiger partial charge in [0.2, 0.25) is 0 Å². The van der Waals surface area contributed by atoms with Gasteiger partial charge in [-0.2, -0.15) is 0 Å². The number of aromatic nitrogens is 1. The summed E-state index contributed by atoms with van der Waals surface area (Å²) in [7, 11) is 0. The van der Waals surface area contributed by atoms with Crippen molar-refractivity contribution in [2.75, 3.05) is 24.7 Å². The highest BCUT2D eigenvalue weighted by Gasteiger charge is 2.48. The number of carbonyl (C=O) groups excluding carboxylic acids is 3. The summed E-state index contributed by atoms with van der Waals surface area (Å²) in [5.41, 5.74) is 1.95. The summed E-state index contributed by atoms with van der Waals surface area (Å²) in [5, 5.41) is 11.6. The number of Topliss-reactive ketones (excluding diaryl/α,β-unsaturated/α-hetero) is 1. The minimum Gasteiger partial charge on any atom is -0.507 e. The molecule has 10 heteroatoms. The van der Waals surface area contributed by atoms with Crippen LogP contribution < -0.4 is 14.4 Å². The van der Waals surface area contributed by atoms with Gasteiger partial charge in [0.15, 0.2) is 5.13 Å². The van der Waals surface area contributed by atoms with E-state index in [0.29, 0.717) is 41.5 Å². The van der Waals surface area contributed by atoms with Crippen molar-refractivity contribution in [3.05, 3.63) is 88.0 Å². The van der Waals surface area contributed by atoms with E-state index in [1.54, 1.807) is 62.4 Å². The smallest absolute Gasteiger partial charge is 0.350 e. The maximum atomic E-state index is 13.5. The molecule has 3 aromatic rings. The third-order valence-electron chi connectivity index (χ3n) is 6.37. The number of ether oxygens (including phenoxy) is 3. The molecule has 0 bridgehead atoms. The Morgan fingerprint density at radius 3 is 2.49 bits per heavy atom. The van der Waals surface area contributed by atoms with E-state index in [9.17, 15) is 19.5 Å². The van der Waals surface area contributed by atoms with Crippen molar-refractivity contribution in [2.45, 2.75) is 40.2 Å². The number of benzene rings is 2. The van der Waals surface area contributed by atoms with E-state index in [0.717, 1.165) is 23.3 Å². The average molecular weight is 577 g/mol. The van der Waals surface area contributed by atoms with Crippen molar-refractivity contribution < 1.29 is 33.7 Å². The molecular formula is C31H32N2O7S. The number of esters is 1. The largest absolute Gasteiger partial charge is 0.507 e. The summed E-state index contributed by atoms with van der Waals surface area (Å²) in [6.45, 7) is 11.9. The number of hydrogen-bond acceptors (Lipinski definition) is 9. The molecule has 1 aliphatic heterocycles.